The van der Waals surface area contributed by atoms with Crippen LogP contribution >= 0.6 is 11.8 Å². The SMILES string of the molecule is CSc1ccc(-c2ccc(C)n2CCOc2ccc(C3(C(=O)O)OCCCO3)c(C)c2)cc1. The Morgan fingerprint density at radius 1 is 1.09 bits per heavy atom. The molecule has 0 spiro atoms. The van der Waals surface area contributed by atoms with E-state index in [1.54, 1.807) is 23.9 Å². The number of carboxylic acids is 1. The number of hydrogen-bond acceptors (Lipinski definition) is 5. The molecule has 2 heterocycles. The minimum absolute atomic E-state index is 0.350. The fraction of sp³-hybridized carbons (Fsp3) is 0.346. The van der Waals surface area contributed by atoms with E-state index < -0.39 is 11.8 Å². The van der Waals surface area contributed by atoms with Crippen LogP contribution in [0.15, 0.2) is 59.5 Å². The molecule has 0 atom stereocenters. The molecule has 4 rings (SSSR count). The summed E-state index contributed by atoms with van der Waals surface area (Å²) < 4.78 is 19.4. The second-order valence-electron chi connectivity index (χ2n) is 8.04. The summed E-state index contributed by atoms with van der Waals surface area (Å²) in [5.41, 5.74) is 4.75. The smallest absolute Gasteiger partial charge is 0.369 e. The first-order valence-corrected chi connectivity index (χ1v) is 12.2. The van der Waals surface area contributed by atoms with Crippen LogP contribution in [0.3, 0.4) is 0 Å². The summed E-state index contributed by atoms with van der Waals surface area (Å²) in [7, 11) is 0. The zero-order valence-electron chi connectivity index (χ0n) is 19.2. The Balaban J connectivity index is 1.46. The van der Waals surface area contributed by atoms with Crippen molar-refractivity contribution < 1.29 is 24.1 Å². The molecule has 1 N–H and O–H groups in total. The summed E-state index contributed by atoms with van der Waals surface area (Å²) in [5, 5.41) is 9.77. The number of aromatic nitrogens is 1. The molecule has 1 saturated heterocycles. The van der Waals surface area contributed by atoms with E-state index in [1.165, 1.54) is 16.2 Å². The molecule has 1 aliphatic rings. The van der Waals surface area contributed by atoms with E-state index in [1.807, 2.05) is 13.0 Å². The number of hydrogen-bond donors (Lipinski definition) is 1. The first kappa shape index (κ1) is 23.4. The summed E-state index contributed by atoms with van der Waals surface area (Å²) in [6.45, 7) is 5.83. The third-order valence-corrected chi connectivity index (χ3v) is 6.65. The Morgan fingerprint density at radius 2 is 1.82 bits per heavy atom. The summed E-state index contributed by atoms with van der Waals surface area (Å²) in [4.78, 5) is 13.2. The van der Waals surface area contributed by atoms with E-state index in [4.69, 9.17) is 14.2 Å². The number of aryl methyl sites for hydroxylation is 2. The molecule has 3 aromatic rings. The van der Waals surface area contributed by atoms with Gasteiger partial charge in [0.25, 0.3) is 5.79 Å². The second-order valence-corrected chi connectivity index (χ2v) is 8.92. The number of carbonyl (C=O) groups is 1. The van der Waals surface area contributed by atoms with Gasteiger partial charge in [0.15, 0.2) is 0 Å². The lowest BCUT2D eigenvalue weighted by molar-refractivity contribution is -0.273. The molecule has 0 bridgehead atoms. The van der Waals surface area contributed by atoms with Gasteiger partial charge in [0.05, 0.1) is 19.8 Å². The van der Waals surface area contributed by atoms with E-state index >= 15 is 0 Å². The molecular weight excluding hydrogens is 438 g/mol. The van der Waals surface area contributed by atoms with Crippen molar-refractivity contribution in [1.82, 2.24) is 4.57 Å². The van der Waals surface area contributed by atoms with E-state index in [9.17, 15) is 9.90 Å². The molecule has 0 unspecified atom stereocenters. The average Bonchev–Trinajstić information content (AvgIpc) is 3.20. The summed E-state index contributed by atoms with van der Waals surface area (Å²) in [6.07, 6.45) is 2.75. The van der Waals surface area contributed by atoms with E-state index in [-0.39, 0.29) is 0 Å². The zero-order chi connectivity index (χ0) is 23.4. The van der Waals surface area contributed by atoms with Crippen LogP contribution in [-0.2, 0) is 26.6 Å². The van der Waals surface area contributed by atoms with Gasteiger partial charge in [-0.25, -0.2) is 4.79 Å². The number of thioether (sulfide) groups is 1. The van der Waals surface area contributed by atoms with E-state index in [0.717, 1.165) is 11.3 Å². The molecule has 1 aliphatic heterocycles. The number of ether oxygens (including phenoxy) is 3. The second kappa shape index (κ2) is 10.0. The van der Waals surface area contributed by atoms with Crippen molar-refractivity contribution in [3.8, 4) is 17.0 Å². The minimum atomic E-state index is -1.75. The highest BCUT2D eigenvalue weighted by Gasteiger charge is 2.46. The lowest BCUT2D eigenvalue weighted by Crippen LogP contribution is -2.45. The highest BCUT2D eigenvalue weighted by atomic mass is 32.2. The van der Waals surface area contributed by atoms with Crippen molar-refractivity contribution in [3.05, 3.63) is 71.4 Å². The molecule has 0 saturated carbocycles. The molecule has 0 aliphatic carbocycles. The zero-order valence-corrected chi connectivity index (χ0v) is 20.0. The Kier molecular flexibility index (Phi) is 7.12. The van der Waals surface area contributed by atoms with Crippen LogP contribution in [0.5, 0.6) is 5.75 Å². The van der Waals surface area contributed by atoms with Gasteiger partial charge in [0.2, 0.25) is 0 Å². The van der Waals surface area contributed by atoms with Crippen LogP contribution in [0.25, 0.3) is 11.3 Å². The molecule has 0 amide bonds. The third-order valence-electron chi connectivity index (χ3n) is 5.90. The quantitative estimate of drug-likeness (QED) is 0.457. The standard InChI is InChI=1S/C26H29NO5S/c1-18-17-21(8-11-23(18)26(25(28)29)31-14-4-15-32-26)30-16-13-27-19(2)5-12-24(27)20-6-9-22(33-3)10-7-20/h5-12,17H,4,13-16H2,1-3H3,(H,28,29). The summed E-state index contributed by atoms with van der Waals surface area (Å²) >= 11 is 1.73. The molecule has 1 fully saturated rings. The van der Waals surface area contributed by atoms with E-state index in [2.05, 4.69) is 54.1 Å². The molecule has 174 valence electrons. The van der Waals surface area contributed by atoms with Crippen LogP contribution in [0.4, 0.5) is 0 Å². The van der Waals surface area contributed by atoms with Gasteiger partial charge in [-0.1, -0.05) is 12.1 Å². The van der Waals surface area contributed by atoms with Gasteiger partial charge in [-0.2, -0.15) is 0 Å². The number of aliphatic carboxylic acids is 1. The Morgan fingerprint density at radius 3 is 2.45 bits per heavy atom. The van der Waals surface area contributed by atoms with Crippen molar-refractivity contribution in [2.75, 3.05) is 26.1 Å². The van der Waals surface area contributed by atoms with Gasteiger partial charge >= 0.3 is 5.97 Å². The first-order valence-electron chi connectivity index (χ1n) is 11.0. The number of carboxylic acid groups (broad SMARTS) is 1. The van der Waals surface area contributed by atoms with Crippen molar-refractivity contribution in [1.29, 1.82) is 0 Å². The lowest BCUT2D eigenvalue weighted by Gasteiger charge is -2.34. The van der Waals surface area contributed by atoms with Crippen molar-refractivity contribution >= 4 is 17.7 Å². The van der Waals surface area contributed by atoms with Crippen molar-refractivity contribution in [2.24, 2.45) is 0 Å². The minimum Gasteiger partial charge on any atom is -0.492 e. The highest BCUT2D eigenvalue weighted by Crippen LogP contribution is 2.35. The third kappa shape index (κ3) is 4.81. The van der Waals surface area contributed by atoms with Crippen LogP contribution in [0.2, 0.25) is 0 Å². The maximum absolute atomic E-state index is 11.9. The first-order chi connectivity index (χ1) is 15.9. The average molecular weight is 468 g/mol. The van der Waals surface area contributed by atoms with Gasteiger partial charge < -0.3 is 23.9 Å². The maximum atomic E-state index is 11.9. The normalized spacial score (nSPS) is 15.4. The molecule has 2 aromatic carbocycles. The monoisotopic (exact) mass is 467 g/mol. The largest absolute Gasteiger partial charge is 0.492 e. The molecule has 6 nitrogen and oxygen atoms in total. The van der Waals surface area contributed by atoms with Crippen LogP contribution in [0, 0.1) is 13.8 Å². The fourth-order valence-corrected chi connectivity index (χ4v) is 4.56. The van der Waals surface area contributed by atoms with Gasteiger partial charge in [0.1, 0.15) is 12.4 Å². The number of rotatable bonds is 8. The maximum Gasteiger partial charge on any atom is 0.369 e. The Hall–Kier alpha value is -2.74. The molecule has 0 radical (unpaired) electrons. The topological polar surface area (TPSA) is 69.9 Å². The number of nitrogens with zero attached hydrogens (tertiary/aromatic N) is 1. The van der Waals surface area contributed by atoms with Gasteiger partial charge in [0, 0.05) is 21.8 Å². The fourth-order valence-electron chi connectivity index (χ4n) is 4.16. The summed E-state index contributed by atoms with van der Waals surface area (Å²) in [5.74, 6) is -2.20. The van der Waals surface area contributed by atoms with Gasteiger partial charge in [-0.15, -0.1) is 11.8 Å². The van der Waals surface area contributed by atoms with Crippen molar-refractivity contribution in [3.63, 3.8) is 0 Å². The van der Waals surface area contributed by atoms with Crippen molar-refractivity contribution in [2.45, 2.75) is 37.5 Å². The molecule has 7 heteroatoms. The van der Waals surface area contributed by atoms with Gasteiger partial charge in [-0.3, -0.25) is 0 Å². The predicted octanol–water partition coefficient (Wildman–Crippen LogP) is 5.25. The Bertz CT molecular complexity index is 1120. The summed E-state index contributed by atoms with van der Waals surface area (Å²) in [6, 6.07) is 18.2. The molecule has 1 aromatic heterocycles. The van der Waals surface area contributed by atoms with Crippen LogP contribution < -0.4 is 4.74 Å². The van der Waals surface area contributed by atoms with Gasteiger partial charge in [-0.05, 0) is 80.1 Å². The number of benzene rings is 2. The molecular formula is C26H29NO5S. The van der Waals surface area contributed by atoms with E-state index in [0.29, 0.717) is 44.1 Å². The highest BCUT2D eigenvalue weighted by molar-refractivity contribution is 7.98. The predicted molar refractivity (Wildman–Crippen MR) is 129 cm³/mol. The lowest BCUT2D eigenvalue weighted by atomic mass is 9.99. The van der Waals surface area contributed by atoms with Crippen LogP contribution in [-0.4, -0.2) is 41.7 Å². The Labute approximate surface area is 198 Å². The molecule has 33 heavy (non-hydrogen) atoms. The van der Waals surface area contributed by atoms with Crippen LogP contribution in [0.1, 0.15) is 23.2 Å².